The molecule has 0 fully saturated rings. The van der Waals surface area contributed by atoms with E-state index in [-0.39, 0.29) is 10.4 Å². The average Bonchev–Trinajstić information content (AvgIpc) is 2.04. The van der Waals surface area contributed by atoms with Crippen LogP contribution in [0.15, 0.2) is 35.3 Å². The zero-order valence-electron chi connectivity index (χ0n) is 6.88. The zero-order chi connectivity index (χ0) is 9.84. The summed E-state index contributed by atoms with van der Waals surface area (Å²) in [7, 11) is 0. The molecule has 0 unspecified atom stereocenters. The number of hydrogen-bond acceptors (Lipinski definition) is 2. The highest BCUT2D eigenvalue weighted by molar-refractivity contribution is 9.12. The molecular weight excluding hydrogens is 232 g/mol. The number of hydrogen-bond donors (Lipinski definition) is 2. The summed E-state index contributed by atoms with van der Waals surface area (Å²) in [6, 6.07) is 6.94. The van der Waals surface area contributed by atoms with Gasteiger partial charge in [-0.05, 0) is 34.1 Å². The molecule has 1 rings (SSSR count). The highest BCUT2D eigenvalue weighted by atomic mass is 79.9. The molecule has 3 N–H and O–H groups in total. The van der Waals surface area contributed by atoms with E-state index in [2.05, 4.69) is 27.8 Å². The van der Waals surface area contributed by atoms with Crippen LogP contribution in [-0.4, -0.2) is 5.91 Å². The fourth-order valence-electron chi connectivity index (χ4n) is 0.815. The second-order valence-corrected chi connectivity index (χ2v) is 3.44. The Labute approximate surface area is 84.8 Å². The average molecular weight is 241 g/mol. The fraction of sp³-hybridized carbons (Fsp3) is 0. The molecule has 4 heteroatoms. The van der Waals surface area contributed by atoms with Gasteiger partial charge in [-0.1, -0.05) is 12.6 Å². The molecule has 0 saturated carbocycles. The van der Waals surface area contributed by atoms with Gasteiger partial charge in [-0.25, -0.2) is 0 Å². The van der Waals surface area contributed by atoms with Crippen LogP contribution in [0.25, 0.3) is 0 Å². The molecule has 0 aliphatic rings. The first kappa shape index (κ1) is 9.80. The van der Waals surface area contributed by atoms with Gasteiger partial charge in [0.2, 0.25) is 0 Å². The van der Waals surface area contributed by atoms with Crippen LogP contribution in [0.3, 0.4) is 0 Å². The van der Waals surface area contributed by atoms with Crippen molar-refractivity contribution in [3.8, 4) is 0 Å². The fourth-order valence-corrected chi connectivity index (χ4v) is 0.914. The van der Waals surface area contributed by atoms with Gasteiger partial charge >= 0.3 is 0 Å². The lowest BCUT2D eigenvalue weighted by Gasteiger charge is -2.03. The molecule has 0 radical (unpaired) electrons. The number of halogens is 1. The predicted octanol–water partition coefficient (Wildman–Crippen LogP) is 2.12. The third-order valence-electron chi connectivity index (χ3n) is 1.39. The van der Waals surface area contributed by atoms with Gasteiger partial charge in [0.15, 0.2) is 0 Å². The highest BCUT2D eigenvalue weighted by Gasteiger charge is 2.02. The number of anilines is 2. The first-order valence-corrected chi connectivity index (χ1v) is 4.40. The summed E-state index contributed by atoms with van der Waals surface area (Å²) in [4.78, 5) is 11.1. The van der Waals surface area contributed by atoms with Crippen molar-refractivity contribution in [2.24, 2.45) is 0 Å². The Hall–Kier alpha value is -1.29. The number of nitrogens with one attached hydrogen (secondary N) is 1. The minimum absolute atomic E-state index is 0.273. The summed E-state index contributed by atoms with van der Waals surface area (Å²) in [5.74, 6) is -0.273. The first-order chi connectivity index (χ1) is 6.09. The molecule has 0 atom stereocenters. The van der Waals surface area contributed by atoms with E-state index in [0.29, 0.717) is 11.4 Å². The van der Waals surface area contributed by atoms with Crippen LogP contribution < -0.4 is 11.1 Å². The zero-order valence-corrected chi connectivity index (χ0v) is 8.47. The minimum Gasteiger partial charge on any atom is -0.399 e. The number of benzene rings is 1. The van der Waals surface area contributed by atoms with Crippen LogP contribution >= 0.6 is 15.9 Å². The quantitative estimate of drug-likeness (QED) is 0.615. The number of amides is 1. The van der Waals surface area contributed by atoms with Gasteiger partial charge in [-0.15, -0.1) is 0 Å². The maximum absolute atomic E-state index is 11.1. The Morgan fingerprint density at radius 2 is 2.23 bits per heavy atom. The maximum Gasteiger partial charge on any atom is 0.262 e. The van der Waals surface area contributed by atoms with Crippen molar-refractivity contribution in [3.05, 3.63) is 35.3 Å². The molecule has 3 nitrogen and oxygen atoms in total. The van der Waals surface area contributed by atoms with E-state index in [1.807, 2.05) is 0 Å². The van der Waals surface area contributed by atoms with E-state index in [4.69, 9.17) is 5.73 Å². The summed E-state index contributed by atoms with van der Waals surface area (Å²) in [6.07, 6.45) is 0. The van der Waals surface area contributed by atoms with Gasteiger partial charge in [-0.2, -0.15) is 0 Å². The first-order valence-electron chi connectivity index (χ1n) is 3.61. The molecule has 0 saturated heterocycles. The van der Waals surface area contributed by atoms with Gasteiger partial charge in [0.25, 0.3) is 5.91 Å². The summed E-state index contributed by atoms with van der Waals surface area (Å²) < 4.78 is 0.287. The van der Waals surface area contributed by atoms with Crippen molar-refractivity contribution in [2.45, 2.75) is 0 Å². The van der Waals surface area contributed by atoms with Crippen LogP contribution in [0.2, 0.25) is 0 Å². The smallest absolute Gasteiger partial charge is 0.262 e. The Kier molecular flexibility index (Phi) is 3.08. The van der Waals surface area contributed by atoms with Gasteiger partial charge in [0.1, 0.15) is 0 Å². The van der Waals surface area contributed by atoms with E-state index in [0.717, 1.165) is 0 Å². The number of nitrogen functional groups attached to an aromatic ring is 1. The van der Waals surface area contributed by atoms with E-state index in [1.165, 1.54) is 0 Å². The number of nitrogens with two attached hydrogens (primary N) is 1. The van der Waals surface area contributed by atoms with Crippen LogP contribution in [0, 0.1) is 0 Å². The normalized spacial score (nSPS) is 9.31. The minimum atomic E-state index is -0.273. The SMILES string of the molecule is C=C(Br)C(=O)Nc1cccc(N)c1. The van der Waals surface area contributed by atoms with Gasteiger partial charge < -0.3 is 11.1 Å². The Bertz CT molecular complexity index is 349. The molecule has 1 aromatic rings. The molecule has 0 aliphatic carbocycles. The maximum atomic E-state index is 11.1. The summed E-state index contributed by atoms with van der Waals surface area (Å²) >= 11 is 2.98. The van der Waals surface area contributed by atoms with E-state index >= 15 is 0 Å². The van der Waals surface area contributed by atoms with Crippen molar-refractivity contribution in [3.63, 3.8) is 0 Å². The molecule has 1 amide bonds. The van der Waals surface area contributed by atoms with Gasteiger partial charge in [0, 0.05) is 11.4 Å². The third-order valence-corrected chi connectivity index (χ3v) is 1.75. The largest absolute Gasteiger partial charge is 0.399 e. The molecule has 1 aromatic carbocycles. The second kappa shape index (κ2) is 4.09. The standard InChI is InChI=1S/C9H9BrN2O/c1-6(10)9(13)12-8-4-2-3-7(11)5-8/h2-5H,1,11H2,(H,12,13). The van der Waals surface area contributed by atoms with Crippen molar-refractivity contribution >= 4 is 33.2 Å². The van der Waals surface area contributed by atoms with E-state index in [9.17, 15) is 4.79 Å². The Morgan fingerprint density at radius 1 is 1.54 bits per heavy atom. The van der Waals surface area contributed by atoms with Crippen LogP contribution in [0.5, 0.6) is 0 Å². The van der Waals surface area contributed by atoms with Crippen LogP contribution in [0.1, 0.15) is 0 Å². The van der Waals surface area contributed by atoms with E-state index < -0.39 is 0 Å². The van der Waals surface area contributed by atoms with Gasteiger partial charge in [0.05, 0.1) is 4.48 Å². The molecule has 0 bridgehead atoms. The Balaban J connectivity index is 2.75. The molecule has 13 heavy (non-hydrogen) atoms. The van der Waals surface area contributed by atoms with Crippen molar-refractivity contribution in [1.29, 1.82) is 0 Å². The van der Waals surface area contributed by atoms with Crippen molar-refractivity contribution < 1.29 is 4.79 Å². The molecule has 0 aromatic heterocycles. The van der Waals surface area contributed by atoms with Crippen molar-refractivity contribution in [1.82, 2.24) is 0 Å². The third kappa shape index (κ3) is 2.91. The highest BCUT2D eigenvalue weighted by Crippen LogP contribution is 2.13. The molecule has 0 aliphatic heterocycles. The number of carbonyl (C=O) groups is 1. The Morgan fingerprint density at radius 3 is 2.77 bits per heavy atom. The lowest BCUT2D eigenvalue weighted by atomic mass is 10.3. The lowest BCUT2D eigenvalue weighted by Crippen LogP contribution is -2.10. The summed E-state index contributed by atoms with van der Waals surface area (Å²) in [5.41, 5.74) is 6.79. The van der Waals surface area contributed by atoms with E-state index in [1.54, 1.807) is 24.3 Å². The summed E-state index contributed by atoms with van der Waals surface area (Å²) in [5, 5.41) is 2.62. The molecule has 68 valence electrons. The lowest BCUT2D eigenvalue weighted by molar-refractivity contribution is -0.112. The van der Waals surface area contributed by atoms with Crippen LogP contribution in [-0.2, 0) is 4.79 Å². The summed E-state index contributed by atoms with van der Waals surface area (Å²) in [6.45, 7) is 3.45. The number of rotatable bonds is 2. The van der Waals surface area contributed by atoms with Crippen molar-refractivity contribution in [2.75, 3.05) is 11.1 Å². The monoisotopic (exact) mass is 240 g/mol. The van der Waals surface area contributed by atoms with Gasteiger partial charge in [-0.3, -0.25) is 4.79 Å². The molecule has 0 spiro atoms. The predicted molar refractivity (Wildman–Crippen MR) is 57.6 cm³/mol. The van der Waals surface area contributed by atoms with Crippen LogP contribution in [0.4, 0.5) is 11.4 Å². The topological polar surface area (TPSA) is 55.1 Å². The molecule has 0 heterocycles. The number of carbonyl (C=O) groups excluding carboxylic acids is 1. The molecular formula is C9H9BrN2O. The second-order valence-electron chi connectivity index (χ2n) is 2.48.